The van der Waals surface area contributed by atoms with Crippen LogP contribution in [-0.4, -0.2) is 54.2 Å². The monoisotopic (exact) mass is 379 g/mol. The van der Waals surface area contributed by atoms with Gasteiger partial charge in [0, 0.05) is 43.5 Å². The van der Waals surface area contributed by atoms with Gasteiger partial charge in [-0.25, -0.2) is 4.39 Å². The summed E-state index contributed by atoms with van der Waals surface area (Å²) >= 11 is 0. The molecule has 0 atom stereocenters. The first kappa shape index (κ1) is 18.3. The minimum absolute atomic E-state index is 0.229. The molecule has 2 heterocycles. The molecule has 0 unspecified atom stereocenters. The molecule has 1 saturated heterocycles. The Morgan fingerprint density at radius 3 is 2.54 bits per heavy atom. The number of hydrogen-bond donors (Lipinski definition) is 1. The first-order valence-electron chi connectivity index (χ1n) is 9.33. The molecule has 1 fully saturated rings. The summed E-state index contributed by atoms with van der Waals surface area (Å²) in [7, 11) is 2.10. The van der Waals surface area contributed by atoms with Crippen LogP contribution in [0.3, 0.4) is 0 Å². The van der Waals surface area contributed by atoms with Crippen molar-refractivity contribution in [3.05, 3.63) is 65.6 Å². The molecule has 0 aliphatic carbocycles. The molecule has 1 aromatic heterocycles. The highest BCUT2D eigenvalue weighted by Crippen LogP contribution is 2.26. The third-order valence-electron chi connectivity index (χ3n) is 5.03. The summed E-state index contributed by atoms with van der Waals surface area (Å²) in [5, 5.41) is 13.1. The van der Waals surface area contributed by atoms with Crippen LogP contribution >= 0.6 is 0 Å². The Hall–Kier alpha value is -3.06. The van der Waals surface area contributed by atoms with E-state index in [-0.39, 0.29) is 24.0 Å². The number of amides is 1. The Kier molecular flexibility index (Phi) is 5.16. The fraction of sp³-hybridized carbons (Fsp3) is 0.286. The number of fused-ring (bicyclic) bond motifs is 1. The van der Waals surface area contributed by atoms with E-state index in [1.807, 2.05) is 24.3 Å². The zero-order valence-electron chi connectivity index (χ0n) is 15.7. The largest absolute Gasteiger partial charge is 0.352 e. The average molecular weight is 379 g/mol. The molecule has 1 N–H and O–H groups in total. The minimum atomic E-state index is -0.325. The smallest absolute Gasteiger partial charge is 0.272 e. The maximum absolute atomic E-state index is 13.3. The predicted molar refractivity (Wildman–Crippen MR) is 107 cm³/mol. The molecule has 2 aromatic carbocycles. The molecule has 1 amide bonds. The normalized spacial score (nSPS) is 15.0. The van der Waals surface area contributed by atoms with Crippen LogP contribution in [0.5, 0.6) is 0 Å². The highest BCUT2D eigenvalue weighted by atomic mass is 19.1. The van der Waals surface area contributed by atoms with Crippen LogP contribution < -0.4 is 10.2 Å². The highest BCUT2D eigenvalue weighted by molar-refractivity contribution is 6.07. The van der Waals surface area contributed by atoms with E-state index in [2.05, 4.69) is 32.4 Å². The number of rotatable bonds is 4. The fourth-order valence-electron chi connectivity index (χ4n) is 3.42. The average Bonchev–Trinajstić information content (AvgIpc) is 2.72. The second-order valence-electron chi connectivity index (χ2n) is 7.02. The van der Waals surface area contributed by atoms with E-state index in [0.29, 0.717) is 5.56 Å². The third kappa shape index (κ3) is 3.80. The van der Waals surface area contributed by atoms with E-state index < -0.39 is 0 Å². The van der Waals surface area contributed by atoms with Crippen LogP contribution in [0, 0.1) is 5.82 Å². The molecular formula is C21H22FN5O. The maximum Gasteiger partial charge on any atom is 0.272 e. The van der Waals surface area contributed by atoms with Crippen molar-refractivity contribution in [3.8, 4) is 0 Å². The zero-order valence-corrected chi connectivity index (χ0v) is 15.7. The van der Waals surface area contributed by atoms with Crippen LogP contribution in [0.15, 0.2) is 48.5 Å². The van der Waals surface area contributed by atoms with Gasteiger partial charge in [0.25, 0.3) is 5.91 Å². The fourth-order valence-corrected chi connectivity index (χ4v) is 3.42. The van der Waals surface area contributed by atoms with Gasteiger partial charge in [0.05, 0.1) is 0 Å². The summed E-state index contributed by atoms with van der Waals surface area (Å²) in [6.07, 6.45) is 0. The first-order chi connectivity index (χ1) is 13.6. The third-order valence-corrected chi connectivity index (χ3v) is 5.03. The Morgan fingerprint density at radius 1 is 1.04 bits per heavy atom. The van der Waals surface area contributed by atoms with Gasteiger partial charge >= 0.3 is 0 Å². The summed E-state index contributed by atoms with van der Waals surface area (Å²) in [5.41, 5.74) is 0.976. The minimum Gasteiger partial charge on any atom is -0.352 e. The van der Waals surface area contributed by atoms with E-state index in [9.17, 15) is 9.18 Å². The number of hydrogen-bond acceptors (Lipinski definition) is 5. The van der Waals surface area contributed by atoms with Gasteiger partial charge in [0.2, 0.25) is 0 Å². The number of piperazine rings is 1. The van der Waals surface area contributed by atoms with E-state index in [4.69, 9.17) is 0 Å². The molecular weight excluding hydrogens is 357 g/mol. The lowest BCUT2D eigenvalue weighted by molar-refractivity contribution is 0.0946. The van der Waals surface area contributed by atoms with Crippen LogP contribution in [0.4, 0.5) is 10.2 Å². The lowest BCUT2D eigenvalue weighted by atomic mass is 10.1. The lowest BCUT2D eigenvalue weighted by Crippen LogP contribution is -2.45. The Labute approximate surface area is 163 Å². The van der Waals surface area contributed by atoms with Gasteiger partial charge in [-0.05, 0) is 24.7 Å². The number of anilines is 1. The number of halogens is 1. The van der Waals surface area contributed by atoms with Crippen molar-refractivity contribution in [3.63, 3.8) is 0 Å². The molecule has 1 aliphatic rings. The van der Waals surface area contributed by atoms with Crippen LogP contribution in [0.25, 0.3) is 10.8 Å². The zero-order chi connectivity index (χ0) is 19.5. The second kappa shape index (κ2) is 7.90. The first-order valence-corrected chi connectivity index (χ1v) is 9.33. The number of aromatic nitrogens is 2. The molecule has 7 heteroatoms. The number of likely N-dealkylation sites (N-methyl/N-ethyl adjacent to an activating group) is 1. The van der Waals surface area contributed by atoms with Gasteiger partial charge < -0.3 is 15.1 Å². The SMILES string of the molecule is CN1CCN(c2nnc(C(=O)NCc3cccc(F)c3)c3ccccc23)CC1. The molecule has 0 radical (unpaired) electrons. The molecule has 0 saturated carbocycles. The van der Waals surface area contributed by atoms with Crippen molar-refractivity contribution >= 4 is 22.5 Å². The van der Waals surface area contributed by atoms with E-state index in [1.165, 1.54) is 12.1 Å². The second-order valence-corrected chi connectivity index (χ2v) is 7.02. The number of nitrogens with zero attached hydrogens (tertiary/aromatic N) is 4. The summed E-state index contributed by atoms with van der Waals surface area (Å²) in [5.74, 6) is 0.164. The van der Waals surface area contributed by atoms with E-state index >= 15 is 0 Å². The quantitative estimate of drug-likeness (QED) is 0.755. The Morgan fingerprint density at radius 2 is 1.79 bits per heavy atom. The van der Waals surface area contributed by atoms with Crippen LogP contribution in [0.1, 0.15) is 16.1 Å². The van der Waals surface area contributed by atoms with Crippen molar-refractivity contribution in [2.24, 2.45) is 0 Å². The van der Waals surface area contributed by atoms with Gasteiger partial charge in [-0.3, -0.25) is 4.79 Å². The van der Waals surface area contributed by atoms with Crippen molar-refractivity contribution < 1.29 is 9.18 Å². The van der Waals surface area contributed by atoms with Crippen LogP contribution in [-0.2, 0) is 6.54 Å². The summed E-state index contributed by atoms with van der Waals surface area (Å²) < 4.78 is 13.3. The Balaban J connectivity index is 1.59. The molecule has 6 nitrogen and oxygen atoms in total. The van der Waals surface area contributed by atoms with Gasteiger partial charge in [0.15, 0.2) is 11.5 Å². The molecule has 0 bridgehead atoms. The molecule has 28 heavy (non-hydrogen) atoms. The van der Waals surface area contributed by atoms with Gasteiger partial charge in [-0.15, -0.1) is 10.2 Å². The summed E-state index contributed by atoms with van der Waals surface area (Å²) in [4.78, 5) is 17.2. The van der Waals surface area contributed by atoms with E-state index in [0.717, 1.165) is 42.8 Å². The van der Waals surface area contributed by atoms with Crippen molar-refractivity contribution in [1.82, 2.24) is 20.4 Å². The number of carbonyl (C=O) groups excluding carboxylic acids is 1. The number of benzene rings is 2. The molecule has 1 aliphatic heterocycles. The lowest BCUT2D eigenvalue weighted by Gasteiger charge is -2.33. The van der Waals surface area contributed by atoms with Crippen molar-refractivity contribution in [2.75, 3.05) is 38.1 Å². The predicted octanol–water partition coefficient (Wildman–Crippen LogP) is 2.45. The summed E-state index contributed by atoms with van der Waals surface area (Å²) in [6, 6.07) is 13.9. The van der Waals surface area contributed by atoms with E-state index in [1.54, 1.807) is 12.1 Å². The Bertz CT molecular complexity index is 1000. The number of carbonyl (C=O) groups is 1. The van der Waals surface area contributed by atoms with Crippen molar-refractivity contribution in [2.45, 2.75) is 6.54 Å². The highest BCUT2D eigenvalue weighted by Gasteiger charge is 2.21. The van der Waals surface area contributed by atoms with Gasteiger partial charge in [0.1, 0.15) is 5.82 Å². The number of nitrogens with one attached hydrogen (secondary N) is 1. The molecule has 144 valence electrons. The molecule has 3 aromatic rings. The standard InChI is InChI=1S/C21H22FN5O/c1-26-9-11-27(12-10-26)20-18-8-3-2-7-17(18)19(24-25-20)21(28)23-14-15-5-4-6-16(22)13-15/h2-8,13H,9-12,14H2,1H3,(H,23,28). The van der Waals surface area contributed by atoms with Crippen molar-refractivity contribution in [1.29, 1.82) is 0 Å². The molecule has 0 spiro atoms. The molecule has 4 rings (SSSR count). The van der Waals surface area contributed by atoms with Gasteiger partial charge in [-0.2, -0.15) is 0 Å². The topological polar surface area (TPSA) is 61.4 Å². The maximum atomic E-state index is 13.3. The van der Waals surface area contributed by atoms with Gasteiger partial charge in [-0.1, -0.05) is 36.4 Å². The van der Waals surface area contributed by atoms with Crippen LogP contribution in [0.2, 0.25) is 0 Å². The summed E-state index contributed by atoms with van der Waals surface area (Å²) in [6.45, 7) is 3.91.